The van der Waals surface area contributed by atoms with Gasteiger partial charge in [0, 0.05) is 29.6 Å². The van der Waals surface area contributed by atoms with Crippen LogP contribution in [0.25, 0.3) is 16.8 Å². The van der Waals surface area contributed by atoms with Gasteiger partial charge in [0.05, 0.1) is 23.8 Å². The Balaban J connectivity index is 1.45. The number of hydrogen-bond acceptors (Lipinski definition) is 3. The van der Waals surface area contributed by atoms with E-state index in [-0.39, 0.29) is 18.1 Å². The van der Waals surface area contributed by atoms with Crippen LogP contribution in [0.4, 0.5) is 10.1 Å². The lowest BCUT2D eigenvalue weighted by Gasteiger charge is -2.19. The van der Waals surface area contributed by atoms with Crippen molar-refractivity contribution in [3.05, 3.63) is 59.9 Å². The zero-order valence-corrected chi connectivity index (χ0v) is 16.0. The smallest absolute Gasteiger partial charge is 0.228 e. The van der Waals surface area contributed by atoms with E-state index in [9.17, 15) is 9.18 Å². The third kappa shape index (κ3) is 3.48. The largest absolute Gasteiger partial charge is 0.345 e. The summed E-state index contributed by atoms with van der Waals surface area (Å²) in [5, 5.41) is 2.81. The van der Waals surface area contributed by atoms with Crippen LogP contribution in [0.15, 0.2) is 42.9 Å². The van der Waals surface area contributed by atoms with Gasteiger partial charge in [-0.05, 0) is 37.1 Å². The average molecular weight is 391 g/mol. The predicted octanol–water partition coefficient (Wildman–Crippen LogP) is 4.58. The molecule has 0 spiro atoms. The van der Waals surface area contributed by atoms with Gasteiger partial charge in [0.2, 0.25) is 5.91 Å². The number of hydrogen-bond donors (Lipinski definition) is 2. The number of carbonyl (C=O) groups is 1. The van der Waals surface area contributed by atoms with Crippen molar-refractivity contribution in [3.8, 4) is 0 Å². The fraction of sp³-hybridized carbons (Fsp3) is 0.318. The monoisotopic (exact) mass is 391 g/mol. The molecule has 0 aliphatic heterocycles. The van der Waals surface area contributed by atoms with Gasteiger partial charge in [-0.15, -0.1) is 0 Å². The topological polar surface area (TPSA) is 75.1 Å². The Morgan fingerprint density at radius 2 is 2.00 bits per heavy atom. The van der Waals surface area contributed by atoms with Crippen LogP contribution in [0.5, 0.6) is 0 Å². The number of aromatic amines is 1. The molecule has 0 atom stereocenters. The van der Waals surface area contributed by atoms with Crippen LogP contribution in [-0.2, 0) is 11.2 Å². The second-order valence-corrected chi connectivity index (χ2v) is 7.73. The summed E-state index contributed by atoms with van der Waals surface area (Å²) >= 11 is 0. The fourth-order valence-corrected chi connectivity index (χ4v) is 4.26. The number of anilines is 1. The second-order valence-electron chi connectivity index (χ2n) is 7.73. The number of amides is 1. The quantitative estimate of drug-likeness (QED) is 0.535. The normalized spacial score (nSPS) is 15.2. The standard InChI is InChI=1S/C22H22FN5O/c23-16-6-8-17(9-7-16)26-20(29)10-15-11-24-22-21(15)28-13-18(27-19(28)12-25-22)14-4-2-1-3-5-14/h6-9,11-14,24H,1-5,10H2,(H,26,29). The molecule has 1 saturated carbocycles. The molecule has 3 aromatic heterocycles. The summed E-state index contributed by atoms with van der Waals surface area (Å²) in [6, 6.07) is 5.75. The van der Waals surface area contributed by atoms with E-state index >= 15 is 0 Å². The molecule has 2 N–H and O–H groups in total. The number of benzene rings is 1. The van der Waals surface area contributed by atoms with E-state index in [4.69, 9.17) is 4.98 Å². The number of halogens is 1. The first-order valence-electron chi connectivity index (χ1n) is 10.1. The highest BCUT2D eigenvalue weighted by Crippen LogP contribution is 2.32. The summed E-state index contributed by atoms with van der Waals surface area (Å²) in [7, 11) is 0. The number of nitrogens with one attached hydrogen (secondary N) is 2. The molecule has 4 aromatic rings. The maximum absolute atomic E-state index is 13.1. The zero-order chi connectivity index (χ0) is 19.8. The maximum atomic E-state index is 13.1. The molecule has 1 fully saturated rings. The Bertz CT molecular complexity index is 1170. The SMILES string of the molecule is O=C(Cc1c[nH]c2ncc3nc(C4CCCCC4)cn3c12)Nc1ccc(F)cc1. The molecule has 6 nitrogen and oxygen atoms in total. The number of nitrogens with zero attached hydrogens (tertiary/aromatic N) is 3. The number of fused-ring (bicyclic) bond motifs is 3. The van der Waals surface area contributed by atoms with Gasteiger partial charge in [-0.25, -0.2) is 14.4 Å². The van der Waals surface area contributed by atoms with Crippen molar-refractivity contribution >= 4 is 28.4 Å². The summed E-state index contributed by atoms with van der Waals surface area (Å²) in [5.41, 5.74) is 4.95. The summed E-state index contributed by atoms with van der Waals surface area (Å²) < 4.78 is 15.1. The molecule has 7 heteroatoms. The van der Waals surface area contributed by atoms with Gasteiger partial charge in [-0.3, -0.25) is 9.20 Å². The molecule has 0 bridgehead atoms. The van der Waals surface area contributed by atoms with Gasteiger partial charge < -0.3 is 10.3 Å². The van der Waals surface area contributed by atoms with Crippen LogP contribution in [0.2, 0.25) is 0 Å². The van der Waals surface area contributed by atoms with Crippen LogP contribution >= 0.6 is 0 Å². The van der Waals surface area contributed by atoms with E-state index in [1.165, 1.54) is 44.2 Å². The van der Waals surface area contributed by atoms with Gasteiger partial charge in [0.1, 0.15) is 5.82 Å². The van der Waals surface area contributed by atoms with Crippen LogP contribution in [-0.4, -0.2) is 25.3 Å². The van der Waals surface area contributed by atoms with Gasteiger partial charge in [-0.1, -0.05) is 19.3 Å². The minimum absolute atomic E-state index is 0.165. The Morgan fingerprint density at radius 3 is 2.79 bits per heavy atom. The van der Waals surface area contributed by atoms with Crippen molar-refractivity contribution < 1.29 is 9.18 Å². The lowest BCUT2D eigenvalue weighted by molar-refractivity contribution is -0.115. The van der Waals surface area contributed by atoms with Crippen molar-refractivity contribution in [1.82, 2.24) is 19.4 Å². The third-order valence-electron chi connectivity index (χ3n) is 5.72. The molecule has 1 aromatic carbocycles. The second kappa shape index (κ2) is 7.31. The van der Waals surface area contributed by atoms with Crippen LogP contribution < -0.4 is 5.32 Å². The van der Waals surface area contributed by atoms with E-state index in [0.717, 1.165) is 28.1 Å². The molecule has 1 aliphatic rings. The highest BCUT2D eigenvalue weighted by Gasteiger charge is 2.20. The fourth-order valence-electron chi connectivity index (χ4n) is 4.26. The first-order valence-corrected chi connectivity index (χ1v) is 10.1. The molecule has 1 amide bonds. The molecule has 5 rings (SSSR count). The van der Waals surface area contributed by atoms with Crippen LogP contribution in [0, 0.1) is 5.82 Å². The lowest BCUT2D eigenvalue weighted by Crippen LogP contribution is -2.14. The zero-order valence-electron chi connectivity index (χ0n) is 16.0. The van der Waals surface area contributed by atoms with E-state index in [1.807, 2.05) is 10.6 Å². The van der Waals surface area contributed by atoms with Gasteiger partial charge in [-0.2, -0.15) is 0 Å². The average Bonchev–Trinajstić information content (AvgIpc) is 3.34. The number of aromatic nitrogens is 4. The predicted molar refractivity (Wildman–Crippen MR) is 109 cm³/mol. The van der Waals surface area contributed by atoms with Crippen LogP contribution in [0.1, 0.15) is 49.3 Å². The molecule has 3 heterocycles. The van der Waals surface area contributed by atoms with E-state index in [2.05, 4.69) is 21.5 Å². The molecule has 1 aliphatic carbocycles. The molecule has 0 radical (unpaired) electrons. The summed E-state index contributed by atoms with van der Waals surface area (Å²) in [6.45, 7) is 0. The van der Waals surface area contributed by atoms with Gasteiger partial charge in [0.25, 0.3) is 0 Å². The first kappa shape index (κ1) is 17.8. The summed E-state index contributed by atoms with van der Waals surface area (Å²) in [6.07, 6.45) is 12.1. The number of carbonyl (C=O) groups excluding carboxylic acids is 1. The Morgan fingerprint density at radius 1 is 1.21 bits per heavy atom. The van der Waals surface area contributed by atoms with E-state index in [1.54, 1.807) is 18.3 Å². The molecule has 0 saturated heterocycles. The lowest BCUT2D eigenvalue weighted by atomic mass is 9.87. The van der Waals surface area contributed by atoms with Gasteiger partial charge >= 0.3 is 0 Å². The first-order chi connectivity index (χ1) is 14.2. The van der Waals surface area contributed by atoms with Crippen molar-refractivity contribution in [3.63, 3.8) is 0 Å². The molecule has 29 heavy (non-hydrogen) atoms. The molecular formula is C22H22FN5O. The third-order valence-corrected chi connectivity index (χ3v) is 5.72. The molecule has 148 valence electrons. The van der Waals surface area contributed by atoms with Crippen molar-refractivity contribution in [2.45, 2.75) is 44.4 Å². The highest BCUT2D eigenvalue weighted by molar-refractivity contribution is 5.94. The molecule has 0 unspecified atom stereocenters. The maximum Gasteiger partial charge on any atom is 0.228 e. The minimum Gasteiger partial charge on any atom is -0.345 e. The van der Waals surface area contributed by atoms with E-state index in [0.29, 0.717) is 11.6 Å². The highest BCUT2D eigenvalue weighted by atomic mass is 19.1. The number of imidazole rings is 1. The minimum atomic E-state index is -0.332. The van der Waals surface area contributed by atoms with Crippen LogP contribution in [0.3, 0.4) is 0 Å². The van der Waals surface area contributed by atoms with Crippen molar-refractivity contribution in [2.75, 3.05) is 5.32 Å². The Hall–Kier alpha value is -3.22. The van der Waals surface area contributed by atoms with E-state index < -0.39 is 0 Å². The number of H-pyrrole nitrogens is 1. The summed E-state index contributed by atoms with van der Waals surface area (Å²) in [4.78, 5) is 25.0. The van der Waals surface area contributed by atoms with Gasteiger partial charge in [0.15, 0.2) is 11.3 Å². The number of rotatable bonds is 4. The Kier molecular flexibility index (Phi) is 4.50. The van der Waals surface area contributed by atoms with Crippen molar-refractivity contribution in [2.24, 2.45) is 0 Å². The molecular weight excluding hydrogens is 369 g/mol. The van der Waals surface area contributed by atoms with Crippen molar-refractivity contribution in [1.29, 1.82) is 0 Å². The summed E-state index contributed by atoms with van der Waals surface area (Å²) in [5.74, 6) is 0.00645. The Labute approximate surface area is 167 Å².